The van der Waals surface area contributed by atoms with Crippen molar-refractivity contribution in [1.82, 2.24) is 0 Å². The number of para-hydroxylation sites is 2. The van der Waals surface area contributed by atoms with Gasteiger partial charge in [0.25, 0.3) is 0 Å². The Labute approximate surface area is 120 Å². The predicted molar refractivity (Wildman–Crippen MR) is 73.4 cm³/mol. The first kappa shape index (κ1) is 12.8. The van der Waals surface area contributed by atoms with E-state index in [1.807, 2.05) is 24.3 Å². The molecule has 4 nitrogen and oxygen atoms in total. The Kier molecular flexibility index (Phi) is 3.24. The van der Waals surface area contributed by atoms with Gasteiger partial charge in [-0.1, -0.05) is 41.9 Å². The molecule has 2 aromatic rings. The maximum absolute atomic E-state index is 11.3. The van der Waals surface area contributed by atoms with Gasteiger partial charge in [-0.3, -0.25) is 0 Å². The standard InChI is InChI=1S/C15H11ClO4/c16-11-6-3-5-10-8-9-4-1-2-7-12(9)19-15(14(17)18)20-13(10)11/h1-7,15H,8H2,(H,17,18). The fourth-order valence-corrected chi connectivity index (χ4v) is 2.38. The molecule has 5 heteroatoms. The van der Waals surface area contributed by atoms with E-state index in [4.69, 9.17) is 21.1 Å². The van der Waals surface area contributed by atoms with Crippen molar-refractivity contribution in [2.75, 3.05) is 0 Å². The third kappa shape index (κ3) is 2.30. The quantitative estimate of drug-likeness (QED) is 0.877. The molecular weight excluding hydrogens is 280 g/mol. The molecule has 0 radical (unpaired) electrons. The molecule has 0 saturated heterocycles. The van der Waals surface area contributed by atoms with Crippen LogP contribution in [0.5, 0.6) is 11.5 Å². The first-order valence-corrected chi connectivity index (χ1v) is 6.44. The number of hydrogen-bond acceptors (Lipinski definition) is 3. The highest BCUT2D eigenvalue weighted by atomic mass is 35.5. The molecule has 1 aliphatic rings. The Morgan fingerprint density at radius 2 is 1.85 bits per heavy atom. The topological polar surface area (TPSA) is 55.8 Å². The Bertz CT molecular complexity index is 669. The molecule has 1 unspecified atom stereocenters. The zero-order valence-corrected chi connectivity index (χ0v) is 11.1. The minimum Gasteiger partial charge on any atom is -0.476 e. The largest absolute Gasteiger partial charge is 0.476 e. The summed E-state index contributed by atoms with van der Waals surface area (Å²) in [4.78, 5) is 11.3. The zero-order chi connectivity index (χ0) is 14.1. The lowest BCUT2D eigenvalue weighted by atomic mass is 10.0. The van der Waals surface area contributed by atoms with E-state index in [1.165, 1.54) is 0 Å². The van der Waals surface area contributed by atoms with Crippen molar-refractivity contribution in [3.05, 3.63) is 58.6 Å². The Balaban J connectivity index is 2.14. The number of halogens is 1. The maximum atomic E-state index is 11.3. The monoisotopic (exact) mass is 290 g/mol. The van der Waals surface area contributed by atoms with Crippen molar-refractivity contribution in [2.24, 2.45) is 0 Å². The number of hydrogen-bond donors (Lipinski definition) is 1. The van der Waals surface area contributed by atoms with Crippen LogP contribution < -0.4 is 9.47 Å². The van der Waals surface area contributed by atoms with Gasteiger partial charge in [-0.05, 0) is 17.7 Å². The number of carbonyl (C=O) groups is 1. The molecule has 3 rings (SSSR count). The van der Waals surface area contributed by atoms with Crippen molar-refractivity contribution in [2.45, 2.75) is 12.7 Å². The van der Waals surface area contributed by atoms with Gasteiger partial charge in [0.15, 0.2) is 0 Å². The number of rotatable bonds is 1. The van der Waals surface area contributed by atoms with Crippen molar-refractivity contribution in [3.63, 3.8) is 0 Å². The smallest absolute Gasteiger partial charge is 0.387 e. The number of carboxylic acid groups (broad SMARTS) is 1. The van der Waals surface area contributed by atoms with Crippen molar-refractivity contribution >= 4 is 17.6 Å². The average Bonchev–Trinajstić information content (AvgIpc) is 2.40. The van der Waals surface area contributed by atoms with E-state index in [9.17, 15) is 9.90 Å². The molecule has 1 aliphatic heterocycles. The summed E-state index contributed by atoms with van der Waals surface area (Å²) in [6.07, 6.45) is -0.853. The van der Waals surface area contributed by atoms with E-state index in [2.05, 4.69) is 0 Å². The lowest BCUT2D eigenvalue weighted by Gasteiger charge is -2.24. The van der Waals surface area contributed by atoms with Crippen molar-refractivity contribution in [3.8, 4) is 11.5 Å². The molecular formula is C15H11ClO4. The second kappa shape index (κ2) is 5.06. The molecule has 102 valence electrons. The van der Waals surface area contributed by atoms with Crippen LogP contribution in [0.4, 0.5) is 0 Å². The number of benzene rings is 2. The van der Waals surface area contributed by atoms with Crippen LogP contribution in [0.3, 0.4) is 0 Å². The van der Waals surface area contributed by atoms with E-state index >= 15 is 0 Å². The highest BCUT2D eigenvalue weighted by Gasteiger charge is 2.27. The van der Waals surface area contributed by atoms with E-state index in [1.54, 1.807) is 18.2 Å². The first-order valence-electron chi connectivity index (χ1n) is 6.06. The van der Waals surface area contributed by atoms with Gasteiger partial charge in [-0.15, -0.1) is 0 Å². The summed E-state index contributed by atoms with van der Waals surface area (Å²) < 4.78 is 10.9. The SMILES string of the molecule is O=C(O)C1Oc2ccccc2Cc2cccc(Cl)c2O1. The molecule has 1 heterocycles. The van der Waals surface area contributed by atoms with Crippen molar-refractivity contribution < 1.29 is 19.4 Å². The minimum absolute atomic E-state index is 0.357. The number of carboxylic acids is 1. The van der Waals surface area contributed by atoms with Crippen molar-refractivity contribution in [1.29, 1.82) is 0 Å². The summed E-state index contributed by atoms with van der Waals surface area (Å²) in [5.74, 6) is -0.339. The van der Waals surface area contributed by atoms with Crippen LogP contribution in [0.2, 0.25) is 5.02 Å². The summed E-state index contributed by atoms with van der Waals surface area (Å²) in [7, 11) is 0. The van der Waals surface area contributed by atoms with Gasteiger partial charge in [0, 0.05) is 12.0 Å². The van der Waals surface area contributed by atoms with E-state index < -0.39 is 12.3 Å². The molecule has 2 aromatic carbocycles. The molecule has 20 heavy (non-hydrogen) atoms. The van der Waals surface area contributed by atoms with Crippen LogP contribution in [0.25, 0.3) is 0 Å². The Hall–Kier alpha value is -2.20. The van der Waals surface area contributed by atoms with E-state index in [0.717, 1.165) is 11.1 Å². The lowest BCUT2D eigenvalue weighted by molar-refractivity contribution is -0.158. The molecule has 0 saturated carbocycles. The van der Waals surface area contributed by atoms with Gasteiger partial charge in [0.05, 0.1) is 5.02 Å². The summed E-state index contributed by atoms with van der Waals surface area (Å²) in [6.45, 7) is 0. The minimum atomic E-state index is -1.42. The van der Waals surface area contributed by atoms with Crippen LogP contribution >= 0.6 is 11.6 Å². The van der Waals surface area contributed by atoms with Crippen LogP contribution in [0, 0.1) is 0 Å². The maximum Gasteiger partial charge on any atom is 0.387 e. The first-order chi connectivity index (χ1) is 9.65. The highest BCUT2D eigenvalue weighted by Crippen LogP contribution is 2.35. The van der Waals surface area contributed by atoms with Gasteiger partial charge >= 0.3 is 12.3 Å². The van der Waals surface area contributed by atoms with Gasteiger partial charge in [-0.25, -0.2) is 4.79 Å². The molecule has 0 amide bonds. The Morgan fingerprint density at radius 1 is 1.10 bits per heavy atom. The third-order valence-electron chi connectivity index (χ3n) is 3.06. The van der Waals surface area contributed by atoms with E-state index in [0.29, 0.717) is 22.9 Å². The molecule has 0 bridgehead atoms. The van der Waals surface area contributed by atoms with Crippen LogP contribution in [-0.4, -0.2) is 17.4 Å². The number of aliphatic carboxylic acids is 1. The summed E-state index contributed by atoms with van der Waals surface area (Å²) in [5, 5.41) is 9.58. The highest BCUT2D eigenvalue weighted by molar-refractivity contribution is 6.32. The number of fused-ring (bicyclic) bond motifs is 2. The normalized spacial score (nSPS) is 16.8. The summed E-state index contributed by atoms with van der Waals surface area (Å²) >= 11 is 6.09. The summed E-state index contributed by atoms with van der Waals surface area (Å²) in [5.41, 5.74) is 1.73. The van der Waals surface area contributed by atoms with Crippen LogP contribution in [-0.2, 0) is 11.2 Å². The van der Waals surface area contributed by atoms with Gasteiger partial charge in [0.1, 0.15) is 11.5 Å². The zero-order valence-electron chi connectivity index (χ0n) is 10.4. The fraction of sp³-hybridized carbons (Fsp3) is 0.133. The molecule has 1 atom stereocenters. The molecule has 0 spiro atoms. The average molecular weight is 291 g/mol. The van der Waals surface area contributed by atoms with Gasteiger partial charge in [-0.2, -0.15) is 0 Å². The molecule has 0 fully saturated rings. The molecule has 1 N–H and O–H groups in total. The third-order valence-corrected chi connectivity index (χ3v) is 3.36. The van der Waals surface area contributed by atoms with Crippen LogP contribution in [0.1, 0.15) is 11.1 Å². The lowest BCUT2D eigenvalue weighted by Crippen LogP contribution is -2.34. The second-order valence-corrected chi connectivity index (χ2v) is 4.83. The molecule has 0 aliphatic carbocycles. The molecule has 0 aromatic heterocycles. The van der Waals surface area contributed by atoms with Crippen LogP contribution in [0.15, 0.2) is 42.5 Å². The second-order valence-electron chi connectivity index (χ2n) is 4.42. The fourth-order valence-electron chi connectivity index (χ4n) is 2.14. The van der Waals surface area contributed by atoms with Gasteiger partial charge in [0.2, 0.25) is 0 Å². The summed E-state index contributed by atoms with van der Waals surface area (Å²) in [6, 6.07) is 12.6. The van der Waals surface area contributed by atoms with Gasteiger partial charge < -0.3 is 14.6 Å². The predicted octanol–water partition coefficient (Wildman–Crippen LogP) is 3.11. The van der Waals surface area contributed by atoms with E-state index in [-0.39, 0.29) is 0 Å². The Morgan fingerprint density at radius 3 is 2.65 bits per heavy atom. The number of ether oxygens (including phenoxy) is 2.